The van der Waals surface area contributed by atoms with Crippen LogP contribution in [-0.4, -0.2) is 26.1 Å². The molecule has 1 N–H and O–H groups in total. The molecular formula is C20H17N5O3. The number of hydrogen-bond donors (Lipinski definition) is 1. The van der Waals surface area contributed by atoms with Gasteiger partial charge in [0, 0.05) is 5.69 Å². The highest BCUT2D eigenvalue weighted by Crippen LogP contribution is 2.19. The SMILES string of the molecule is Cc1ccccc1OCc1ccc(C(=O)Nc2cccc(-n3cnnn3)c2)o1. The van der Waals surface area contributed by atoms with Crippen molar-refractivity contribution in [2.45, 2.75) is 13.5 Å². The zero-order valence-electron chi connectivity index (χ0n) is 15.1. The van der Waals surface area contributed by atoms with Crippen molar-refractivity contribution < 1.29 is 13.9 Å². The van der Waals surface area contributed by atoms with E-state index in [1.807, 2.05) is 37.3 Å². The molecule has 8 heteroatoms. The molecular weight excluding hydrogens is 358 g/mol. The first-order chi connectivity index (χ1) is 13.7. The first kappa shape index (κ1) is 17.5. The van der Waals surface area contributed by atoms with E-state index in [0.29, 0.717) is 11.4 Å². The summed E-state index contributed by atoms with van der Waals surface area (Å²) in [6.07, 6.45) is 1.48. The average molecular weight is 375 g/mol. The summed E-state index contributed by atoms with van der Waals surface area (Å²) in [4.78, 5) is 12.5. The minimum atomic E-state index is -0.351. The van der Waals surface area contributed by atoms with Crippen LogP contribution < -0.4 is 10.1 Å². The summed E-state index contributed by atoms with van der Waals surface area (Å²) in [5.41, 5.74) is 2.37. The second kappa shape index (κ2) is 7.75. The van der Waals surface area contributed by atoms with Gasteiger partial charge in [-0.3, -0.25) is 4.79 Å². The van der Waals surface area contributed by atoms with E-state index in [9.17, 15) is 4.79 Å². The molecule has 0 radical (unpaired) electrons. The Morgan fingerprint density at radius 2 is 2.04 bits per heavy atom. The summed E-state index contributed by atoms with van der Waals surface area (Å²) >= 11 is 0. The highest BCUT2D eigenvalue weighted by atomic mass is 16.5. The second-order valence-corrected chi connectivity index (χ2v) is 6.08. The smallest absolute Gasteiger partial charge is 0.291 e. The molecule has 140 valence electrons. The van der Waals surface area contributed by atoms with Crippen molar-refractivity contribution in [2.75, 3.05) is 5.32 Å². The van der Waals surface area contributed by atoms with Crippen molar-refractivity contribution in [1.29, 1.82) is 0 Å². The van der Waals surface area contributed by atoms with Gasteiger partial charge >= 0.3 is 0 Å². The highest BCUT2D eigenvalue weighted by Gasteiger charge is 2.13. The molecule has 0 aliphatic rings. The molecule has 0 bridgehead atoms. The first-order valence-corrected chi connectivity index (χ1v) is 8.61. The van der Waals surface area contributed by atoms with Gasteiger partial charge in [-0.15, -0.1) is 5.10 Å². The number of carbonyl (C=O) groups is 1. The molecule has 0 saturated heterocycles. The lowest BCUT2D eigenvalue weighted by Gasteiger charge is -2.07. The van der Waals surface area contributed by atoms with Gasteiger partial charge in [-0.05, 0) is 59.3 Å². The van der Waals surface area contributed by atoms with Crippen LogP contribution in [0.1, 0.15) is 21.9 Å². The quantitative estimate of drug-likeness (QED) is 0.555. The number of benzene rings is 2. The normalized spacial score (nSPS) is 10.6. The van der Waals surface area contributed by atoms with Crippen molar-refractivity contribution in [3.8, 4) is 11.4 Å². The highest BCUT2D eigenvalue weighted by molar-refractivity contribution is 6.02. The minimum absolute atomic E-state index is 0.205. The number of anilines is 1. The van der Waals surface area contributed by atoms with Gasteiger partial charge in [0.05, 0.1) is 5.69 Å². The topological polar surface area (TPSA) is 95.1 Å². The lowest BCUT2D eigenvalue weighted by atomic mass is 10.2. The van der Waals surface area contributed by atoms with Gasteiger partial charge in [0.1, 0.15) is 24.4 Å². The predicted molar refractivity (Wildman–Crippen MR) is 101 cm³/mol. The van der Waals surface area contributed by atoms with E-state index in [0.717, 1.165) is 17.0 Å². The van der Waals surface area contributed by atoms with Gasteiger partial charge in [-0.1, -0.05) is 24.3 Å². The van der Waals surface area contributed by atoms with Crippen LogP contribution in [0.4, 0.5) is 5.69 Å². The minimum Gasteiger partial charge on any atom is -0.485 e. The maximum Gasteiger partial charge on any atom is 0.291 e. The Kier molecular flexibility index (Phi) is 4.83. The number of furan rings is 1. The van der Waals surface area contributed by atoms with E-state index in [4.69, 9.17) is 9.15 Å². The number of carbonyl (C=O) groups excluding carboxylic acids is 1. The Balaban J connectivity index is 1.41. The number of tetrazole rings is 1. The first-order valence-electron chi connectivity index (χ1n) is 8.61. The van der Waals surface area contributed by atoms with E-state index in [1.165, 1.54) is 11.0 Å². The maximum atomic E-state index is 12.5. The van der Waals surface area contributed by atoms with Crippen LogP contribution in [0.25, 0.3) is 5.69 Å². The zero-order chi connectivity index (χ0) is 19.3. The van der Waals surface area contributed by atoms with Crippen LogP contribution in [-0.2, 0) is 6.61 Å². The van der Waals surface area contributed by atoms with Crippen LogP contribution in [0.5, 0.6) is 5.75 Å². The fourth-order valence-electron chi connectivity index (χ4n) is 2.64. The molecule has 0 fully saturated rings. The van der Waals surface area contributed by atoms with Gasteiger partial charge in [0.2, 0.25) is 0 Å². The van der Waals surface area contributed by atoms with E-state index in [-0.39, 0.29) is 18.3 Å². The number of amides is 1. The molecule has 4 aromatic rings. The molecule has 2 aromatic heterocycles. The maximum absolute atomic E-state index is 12.5. The molecule has 0 unspecified atom stereocenters. The van der Waals surface area contributed by atoms with Crippen molar-refractivity contribution in [3.05, 3.63) is 84.1 Å². The Labute approximate surface area is 160 Å². The number of para-hydroxylation sites is 1. The van der Waals surface area contributed by atoms with Gasteiger partial charge in [-0.2, -0.15) is 0 Å². The van der Waals surface area contributed by atoms with Crippen LogP contribution >= 0.6 is 0 Å². The standard InChI is InChI=1S/C20H17N5O3/c1-14-5-2-3-8-18(14)27-12-17-9-10-19(28-17)20(26)22-15-6-4-7-16(11-15)25-13-21-23-24-25/h2-11,13H,12H2,1H3,(H,22,26). The molecule has 0 atom stereocenters. The molecule has 0 aliphatic heterocycles. The van der Waals surface area contributed by atoms with Crippen LogP contribution in [0.3, 0.4) is 0 Å². The van der Waals surface area contributed by atoms with Crippen molar-refractivity contribution in [3.63, 3.8) is 0 Å². The number of aromatic nitrogens is 4. The number of aryl methyl sites for hydroxylation is 1. The largest absolute Gasteiger partial charge is 0.485 e. The number of nitrogens with one attached hydrogen (secondary N) is 1. The Bertz CT molecular complexity index is 1090. The summed E-state index contributed by atoms with van der Waals surface area (Å²) < 4.78 is 12.9. The lowest BCUT2D eigenvalue weighted by molar-refractivity contribution is 0.0992. The zero-order valence-corrected chi connectivity index (χ0v) is 15.1. The van der Waals surface area contributed by atoms with Crippen molar-refractivity contribution in [2.24, 2.45) is 0 Å². The molecule has 0 aliphatic carbocycles. The molecule has 28 heavy (non-hydrogen) atoms. The summed E-state index contributed by atoms with van der Waals surface area (Å²) in [5.74, 6) is 1.20. The van der Waals surface area contributed by atoms with Gasteiger partial charge in [0.25, 0.3) is 5.91 Å². The predicted octanol–water partition coefficient (Wildman–Crippen LogP) is 3.40. The fourth-order valence-corrected chi connectivity index (χ4v) is 2.64. The van der Waals surface area contributed by atoms with E-state index in [2.05, 4.69) is 20.8 Å². The Morgan fingerprint density at radius 3 is 2.86 bits per heavy atom. The van der Waals surface area contributed by atoms with Gasteiger partial charge in [-0.25, -0.2) is 4.68 Å². The monoisotopic (exact) mass is 375 g/mol. The molecule has 0 saturated carbocycles. The van der Waals surface area contributed by atoms with Gasteiger partial charge < -0.3 is 14.5 Å². The van der Waals surface area contributed by atoms with E-state index >= 15 is 0 Å². The summed E-state index contributed by atoms with van der Waals surface area (Å²) in [6, 6.07) is 18.2. The van der Waals surface area contributed by atoms with E-state index < -0.39 is 0 Å². The second-order valence-electron chi connectivity index (χ2n) is 6.08. The summed E-state index contributed by atoms with van der Waals surface area (Å²) in [7, 11) is 0. The summed E-state index contributed by atoms with van der Waals surface area (Å²) in [6.45, 7) is 2.22. The third kappa shape index (κ3) is 3.90. The fraction of sp³-hybridized carbons (Fsp3) is 0.100. The number of ether oxygens (including phenoxy) is 1. The van der Waals surface area contributed by atoms with E-state index in [1.54, 1.807) is 30.3 Å². The van der Waals surface area contributed by atoms with Crippen LogP contribution in [0, 0.1) is 6.92 Å². The Morgan fingerprint density at radius 1 is 1.14 bits per heavy atom. The average Bonchev–Trinajstić information content (AvgIpc) is 3.40. The number of hydrogen-bond acceptors (Lipinski definition) is 6. The van der Waals surface area contributed by atoms with Crippen LogP contribution in [0.15, 0.2) is 71.4 Å². The number of nitrogens with zero attached hydrogens (tertiary/aromatic N) is 4. The lowest BCUT2D eigenvalue weighted by Crippen LogP contribution is -2.11. The molecule has 4 rings (SSSR count). The summed E-state index contributed by atoms with van der Waals surface area (Å²) in [5, 5.41) is 13.8. The molecule has 8 nitrogen and oxygen atoms in total. The van der Waals surface area contributed by atoms with Crippen molar-refractivity contribution in [1.82, 2.24) is 20.2 Å². The van der Waals surface area contributed by atoms with Crippen molar-refractivity contribution >= 4 is 11.6 Å². The third-order valence-electron chi connectivity index (χ3n) is 4.07. The molecule has 2 heterocycles. The van der Waals surface area contributed by atoms with Gasteiger partial charge in [0.15, 0.2) is 5.76 Å². The number of rotatable bonds is 6. The Hall–Kier alpha value is -3.94. The molecule has 1 amide bonds. The van der Waals surface area contributed by atoms with Crippen LogP contribution in [0.2, 0.25) is 0 Å². The molecule has 0 spiro atoms. The molecule has 2 aromatic carbocycles. The third-order valence-corrected chi connectivity index (χ3v) is 4.07.